The third-order valence-electron chi connectivity index (χ3n) is 1.35. The van der Waals surface area contributed by atoms with Crippen molar-refractivity contribution in [1.82, 2.24) is 5.48 Å². The van der Waals surface area contributed by atoms with Crippen molar-refractivity contribution in [3.05, 3.63) is 31.3 Å². The van der Waals surface area contributed by atoms with Crippen LogP contribution in [0.25, 0.3) is 0 Å². The maximum atomic E-state index is 11.0. The monoisotopic (exact) mass is 331 g/mol. The maximum Gasteiger partial charge on any atom is 0.274 e. The first-order chi connectivity index (χ1) is 6.06. The third-order valence-corrected chi connectivity index (χ3v) is 3.32. The van der Waals surface area contributed by atoms with Crippen LogP contribution in [-0.2, 0) is 0 Å². The van der Waals surface area contributed by atoms with Crippen LogP contribution in [0, 0.1) is 3.57 Å². The zero-order chi connectivity index (χ0) is 10.0. The molecule has 1 amide bonds. The smallest absolute Gasteiger partial charge is 0.274 e. The van der Waals surface area contributed by atoms with Crippen molar-refractivity contribution in [1.29, 1.82) is 0 Å². The van der Waals surface area contributed by atoms with Crippen molar-refractivity contribution < 1.29 is 10.0 Å². The molecule has 0 heterocycles. The zero-order valence-corrected chi connectivity index (χ0v) is 9.81. The van der Waals surface area contributed by atoms with Gasteiger partial charge in [0.25, 0.3) is 5.91 Å². The summed E-state index contributed by atoms with van der Waals surface area (Å²) in [5.41, 5.74) is 1.78. The number of carbonyl (C=O) groups excluding carboxylic acids is 1. The van der Waals surface area contributed by atoms with Gasteiger partial charge in [-0.1, -0.05) is 23.2 Å². The normalized spacial score (nSPS) is 9.85. The van der Waals surface area contributed by atoms with Gasteiger partial charge >= 0.3 is 0 Å². The fourth-order valence-corrected chi connectivity index (χ4v) is 1.87. The van der Waals surface area contributed by atoms with Crippen LogP contribution in [0.15, 0.2) is 12.1 Å². The number of carbonyl (C=O) groups is 1. The van der Waals surface area contributed by atoms with Crippen LogP contribution in [0.2, 0.25) is 10.0 Å². The first-order valence-corrected chi connectivity index (χ1v) is 4.98. The minimum atomic E-state index is -0.614. The number of amides is 1. The highest BCUT2D eigenvalue weighted by Crippen LogP contribution is 2.28. The highest BCUT2D eigenvalue weighted by molar-refractivity contribution is 14.1. The van der Waals surface area contributed by atoms with Gasteiger partial charge in [-0.3, -0.25) is 10.0 Å². The fourth-order valence-electron chi connectivity index (χ4n) is 0.751. The number of hydroxylamine groups is 1. The standard InChI is InChI=1S/C7H4Cl2INO2/c8-4-1-3(7(12)11-13)2-5(10)6(4)9/h1-2,13H,(H,11,12). The SMILES string of the molecule is O=C(NO)c1cc(Cl)c(Cl)c(I)c1. The Labute approximate surface area is 98.1 Å². The number of benzene rings is 1. The molecular weight excluding hydrogens is 328 g/mol. The van der Waals surface area contributed by atoms with E-state index in [0.717, 1.165) is 0 Å². The van der Waals surface area contributed by atoms with Gasteiger partial charge in [0.15, 0.2) is 0 Å². The van der Waals surface area contributed by atoms with Gasteiger partial charge in [-0.25, -0.2) is 5.48 Å². The van der Waals surface area contributed by atoms with Gasteiger partial charge in [0.2, 0.25) is 0 Å². The number of rotatable bonds is 1. The molecule has 0 saturated carbocycles. The van der Waals surface area contributed by atoms with E-state index in [-0.39, 0.29) is 10.6 Å². The summed E-state index contributed by atoms with van der Waals surface area (Å²) < 4.78 is 0.658. The van der Waals surface area contributed by atoms with Gasteiger partial charge in [0, 0.05) is 9.13 Å². The predicted molar refractivity (Wildman–Crippen MR) is 58.4 cm³/mol. The Morgan fingerprint density at radius 3 is 2.54 bits per heavy atom. The molecule has 6 heteroatoms. The molecule has 0 spiro atoms. The Bertz CT molecular complexity index is 333. The van der Waals surface area contributed by atoms with Crippen LogP contribution in [-0.4, -0.2) is 11.1 Å². The quantitative estimate of drug-likeness (QED) is 0.360. The topological polar surface area (TPSA) is 49.3 Å². The molecule has 1 rings (SSSR count). The van der Waals surface area contributed by atoms with Crippen LogP contribution < -0.4 is 5.48 Å². The Kier molecular flexibility index (Phi) is 3.78. The van der Waals surface area contributed by atoms with Gasteiger partial charge < -0.3 is 0 Å². The van der Waals surface area contributed by atoms with Gasteiger partial charge in [-0.2, -0.15) is 0 Å². The van der Waals surface area contributed by atoms with Crippen molar-refractivity contribution in [2.24, 2.45) is 0 Å². The molecule has 0 radical (unpaired) electrons. The molecule has 0 bridgehead atoms. The minimum Gasteiger partial charge on any atom is -0.288 e. The number of hydrogen-bond acceptors (Lipinski definition) is 2. The molecule has 0 atom stereocenters. The second-order valence-electron chi connectivity index (χ2n) is 2.19. The Balaban J connectivity index is 3.20. The van der Waals surface area contributed by atoms with E-state index in [2.05, 4.69) is 0 Å². The van der Waals surface area contributed by atoms with Crippen molar-refractivity contribution >= 4 is 51.7 Å². The van der Waals surface area contributed by atoms with Crippen LogP contribution >= 0.6 is 45.8 Å². The number of halogens is 3. The molecule has 0 aliphatic heterocycles. The van der Waals surface area contributed by atoms with E-state index in [1.54, 1.807) is 0 Å². The molecule has 0 saturated heterocycles. The van der Waals surface area contributed by atoms with E-state index >= 15 is 0 Å². The molecule has 1 aromatic carbocycles. The second kappa shape index (κ2) is 4.45. The molecule has 0 fully saturated rings. The predicted octanol–water partition coefficient (Wildman–Crippen LogP) is 2.72. The maximum absolute atomic E-state index is 11.0. The lowest BCUT2D eigenvalue weighted by atomic mass is 10.2. The highest BCUT2D eigenvalue weighted by Gasteiger charge is 2.10. The Morgan fingerprint density at radius 1 is 1.46 bits per heavy atom. The van der Waals surface area contributed by atoms with E-state index in [4.69, 9.17) is 28.4 Å². The first kappa shape index (κ1) is 11.0. The van der Waals surface area contributed by atoms with E-state index in [1.165, 1.54) is 17.6 Å². The van der Waals surface area contributed by atoms with Crippen molar-refractivity contribution in [2.45, 2.75) is 0 Å². The van der Waals surface area contributed by atoms with Crippen LogP contribution in [0.5, 0.6) is 0 Å². The molecule has 2 N–H and O–H groups in total. The minimum absolute atomic E-state index is 0.265. The fraction of sp³-hybridized carbons (Fsp3) is 0. The first-order valence-electron chi connectivity index (χ1n) is 3.15. The van der Waals surface area contributed by atoms with Crippen LogP contribution in [0.1, 0.15) is 10.4 Å². The number of nitrogens with one attached hydrogen (secondary N) is 1. The van der Waals surface area contributed by atoms with E-state index in [1.807, 2.05) is 22.6 Å². The lowest BCUT2D eigenvalue weighted by Gasteiger charge is -2.03. The van der Waals surface area contributed by atoms with Crippen molar-refractivity contribution in [3.63, 3.8) is 0 Å². The second-order valence-corrected chi connectivity index (χ2v) is 4.14. The summed E-state index contributed by atoms with van der Waals surface area (Å²) in [5.74, 6) is -0.614. The third kappa shape index (κ3) is 2.46. The van der Waals surface area contributed by atoms with E-state index < -0.39 is 5.91 Å². The lowest BCUT2D eigenvalue weighted by molar-refractivity contribution is 0.0706. The Hall–Kier alpha value is -0.0400. The van der Waals surface area contributed by atoms with E-state index in [0.29, 0.717) is 8.59 Å². The summed E-state index contributed by atoms with van der Waals surface area (Å²) >= 11 is 13.4. The summed E-state index contributed by atoms with van der Waals surface area (Å²) in [6, 6.07) is 2.91. The molecule has 0 unspecified atom stereocenters. The molecular formula is C7H4Cl2INO2. The van der Waals surface area contributed by atoms with Crippen molar-refractivity contribution in [2.75, 3.05) is 0 Å². The Morgan fingerprint density at radius 2 is 2.08 bits per heavy atom. The molecule has 0 aromatic heterocycles. The molecule has 70 valence electrons. The van der Waals surface area contributed by atoms with Crippen LogP contribution in [0.3, 0.4) is 0 Å². The largest absolute Gasteiger partial charge is 0.288 e. The highest BCUT2D eigenvalue weighted by atomic mass is 127. The average Bonchev–Trinajstić information content (AvgIpc) is 2.12. The van der Waals surface area contributed by atoms with Gasteiger partial charge in [-0.15, -0.1) is 0 Å². The van der Waals surface area contributed by atoms with Crippen molar-refractivity contribution in [3.8, 4) is 0 Å². The zero-order valence-electron chi connectivity index (χ0n) is 6.14. The molecule has 0 aliphatic rings. The lowest BCUT2D eigenvalue weighted by Crippen LogP contribution is -2.18. The van der Waals surface area contributed by atoms with Gasteiger partial charge in [-0.05, 0) is 34.7 Å². The molecule has 3 nitrogen and oxygen atoms in total. The summed E-state index contributed by atoms with van der Waals surface area (Å²) in [5, 5.41) is 9.05. The average molecular weight is 332 g/mol. The summed E-state index contributed by atoms with van der Waals surface area (Å²) in [6.45, 7) is 0. The molecule has 1 aromatic rings. The summed E-state index contributed by atoms with van der Waals surface area (Å²) in [6.07, 6.45) is 0. The van der Waals surface area contributed by atoms with Gasteiger partial charge in [0.05, 0.1) is 10.0 Å². The van der Waals surface area contributed by atoms with Crippen LogP contribution in [0.4, 0.5) is 0 Å². The number of hydrogen-bond donors (Lipinski definition) is 2. The molecule has 13 heavy (non-hydrogen) atoms. The molecule has 0 aliphatic carbocycles. The van der Waals surface area contributed by atoms with E-state index in [9.17, 15) is 4.79 Å². The van der Waals surface area contributed by atoms with Gasteiger partial charge in [0.1, 0.15) is 0 Å². The summed E-state index contributed by atoms with van der Waals surface area (Å²) in [7, 11) is 0. The summed E-state index contributed by atoms with van der Waals surface area (Å²) in [4.78, 5) is 11.0.